The Hall–Kier alpha value is 0.00870. The molecule has 0 aromatic heterocycles. The van der Waals surface area contributed by atoms with Crippen LogP contribution in [0, 0.1) is 0 Å². The molecule has 0 aromatic rings. The van der Waals surface area contributed by atoms with Gasteiger partial charge >= 0.3 is 148 Å². The molecule has 0 saturated carbocycles. The first-order valence-electron chi connectivity index (χ1n) is 9.18. The Bertz CT molecular complexity index is 302. The van der Waals surface area contributed by atoms with Crippen molar-refractivity contribution in [2.75, 3.05) is 0 Å². The maximum atomic E-state index is 10.9. The number of aliphatic carboxylic acids is 1. The van der Waals surface area contributed by atoms with E-state index in [-0.39, 0.29) is 0 Å². The number of hydrogen-bond donors (Lipinski definition) is 1. The van der Waals surface area contributed by atoms with Crippen molar-refractivity contribution in [3.8, 4) is 0 Å². The van der Waals surface area contributed by atoms with Crippen LogP contribution in [0.15, 0.2) is 9.67 Å². The molecule has 128 valence electrons. The minimum atomic E-state index is -0.706. The molecule has 0 aromatic carbocycles. The van der Waals surface area contributed by atoms with E-state index in [2.05, 4.69) is 33.8 Å². The van der Waals surface area contributed by atoms with E-state index >= 15 is 0 Å². The molecule has 3 heteroatoms. The van der Waals surface area contributed by atoms with Crippen molar-refractivity contribution >= 4 is 27.1 Å². The molecule has 0 fully saturated rings. The third-order valence-electron chi connectivity index (χ3n) is 4.41. The third kappa shape index (κ3) is 9.91. The second kappa shape index (κ2) is 13.4. The second-order valence-corrected chi connectivity index (χ2v) is 12.0. The van der Waals surface area contributed by atoms with Gasteiger partial charge < -0.3 is 0 Å². The third-order valence-corrected chi connectivity index (χ3v) is 10.5. The molecule has 0 rings (SSSR count). The first kappa shape index (κ1) is 22.0. The molecule has 0 spiro atoms. The van der Waals surface area contributed by atoms with Gasteiger partial charge in [-0.3, -0.25) is 0 Å². The summed E-state index contributed by atoms with van der Waals surface area (Å²) in [6, 6.07) is 0. The zero-order valence-corrected chi connectivity index (χ0v) is 18.1. The molecule has 22 heavy (non-hydrogen) atoms. The molecule has 0 atom stereocenters. The maximum absolute atomic E-state index is 10.9. The SMILES string of the molecule is C/C=[C](/CCC(=O)O)[Sn][C](CCCC)(CCCC)CCCC. The van der Waals surface area contributed by atoms with Crippen LogP contribution in [0.1, 0.15) is 98.3 Å². The summed E-state index contributed by atoms with van der Waals surface area (Å²) in [4.78, 5) is 10.9. The van der Waals surface area contributed by atoms with Crippen LogP contribution in [0.25, 0.3) is 0 Å². The fraction of sp³-hybridized carbons (Fsp3) is 0.842. The Balaban J connectivity index is 4.98. The van der Waals surface area contributed by atoms with Crippen LogP contribution in [-0.2, 0) is 4.79 Å². The number of rotatable bonds is 14. The van der Waals surface area contributed by atoms with E-state index < -0.39 is 27.1 Å². The average molecular weight is 415 g/mol. The summed E-state index contributed by atoms with van der Waals surface area (Å²) in [7, 11) is 0. The van der Waals surface area contributed by atoms with Gasteiger partial charge in [0.15, 0.2) is 0 Å². The summed E-state index contributed by atoms with van der Waals surface area (Å²) in [6.07, 6.45) is 15.3. The number of hydrogen-bond acceptors (Lipinski definition) is 1. The Morgan fingerprint density at radius 1 is 0.955 bits per heavy atom. The summed E-state index contributed by atoms with van der Waals surface area (Å²) in [5.41, 5.74) is 0. The van der Waals surface area contributed by atoms with Crippen molar-refractivity contribution in [1.29, 1.82) is 0 Å². The van der Waals surface area contributed by atoms with Gasteiger partial charge in [0.25, 0.3) is 0 Å². The van der Waals surface area contributed by atoms with Crippen molar-refractivity contribution in [3.05, 3.63) is 9.67 Å². The normalized spacial score (nSPS) is 12.6. The van der Waals surface area contributed by atoms with Gasteiger partial charge in [-0.05, 0) is 0 Å². The van der Waals surface area contributed by atoms with Crippen LogP contribution in [-0.4, -0.2) is 32.2 Å². The number of carboxylic acids is 1. The molecule has 0 heterocycles. The van der Waals surface area contributed by atoms with Crippen molar-refractivity contribution in [2.45, 2.75) is 102 Å². The van der Waals surface area contributed by atoms with Crippen molar-refractivity contribution in [1.82, 2.24) is 0 Å². The summed E-state index contributed by atoms with van der Waals surface area (Å²) in [5, 5.41) is 8.97. The van der Waals surface area contributed by atoms with Crippen LogP contribution < -0.4 is 0 Å². The van der Waals surface area contributed by atoms with Gasteiger partial charge in [-0.25, -0.2) is 0 Å². The van der Waals surface area contributed by atoms with Crippen LogP contribution >= 0.6 is 0 Å². The quantitative estimate of drug-likeness (QED) is 0.344. The molecule has 0 bridgehead atoms. The molecule has 0 saturated heterocycles. The van der Waals surface area contributed by atoms with E-state index in [0.29, 0.717) is 9.85 Å². The van der Waals surface area contributed by atoms with Gasteiger partial charge in [-0.15, -0.1) is 0 Å². The minimum absolute atomic E-state index is 0.311. The molecule has 0 aliphatic rings. The van der Waals surface area contributed by atoms with E-state index in [1.165, 1.54) is 61.4 Å². The van der Waals surface area contributed by atoms with E-state index in [9.17, 15) is 4.79 Å². The van der Waals surface area contributed by atoms with Crippen LogP contribution in [0.4, 0.5) is 0 Å². The zero-order valence-electron chi connectivity index (χ0n) is 15.2. The van der Waals surface area contributed by atoms with E-state index in [4.69, 9.17) is 5.11 Å². The summed E-state index contributed by atoms with van der Waals surface area (Å²) in [5.74, 6) is -0.653. The Morgan fingerprint density at radius 2 is 1.41 bits per heavy atom. The van der Waals surface area contributed by atoms with E-state index in [1.807, 2.05) is 0 Å². The van der Waals surface area contributed by atoms with Gasteiger partial charge in [0.05, 0.1) is 0 Å². The number of unbranched alkanes of at least 4 members (excludes halogenated alkanes) is 3. The molecule has 0 aliphatic carbocycles. The predicted octanol–water partition coefficient (Wildman–Crippen LogP) is 6.19. The molecular weight excluding hydrogens is 379 g/mol. The fourth-order valence-electron chi connectivity index (χ4n) is 2.97. The molecule has 0 amide bonds. The van der Waals surface area contributed by atoms with Crippen LogP contribution in [0.2, 0.25) is 3.43 Å². The van der Waals surface area contributed by atoms with Crippen LogP contribution in [0.5, 0.6) is 0 Å². The Labute approximate surface area is 148 Å². The standard InChI is InChI=1S/C13H27.C6H9O2.Sn/c1-4-7-10-13(11-8-5-2)12-9-6-3;1-2-3-4-5-6(7)8;/h4-12H2,1-3H3;2H,4-5H2,1H3,(H,7,8);. The molecule has 1 N–H and O–H groups in total. The van der Waals surface area contributed by atoms with Gasteiger partial charge in [0.2, 0.25) is 0 Å². The van der Waals surface area contributed by atoms with E-state index in [1.54, 1.807) is 0 Å². The molecule has 0 unspecified atom stereocenters. The summed E-state index contributed by atoms with van der Waals surface area (Å²) in [6.45, 7) is 8.98. The van der Waals surface area contributed by atoms with E-state index in [0.717, 1.165) is 6.42 Å². The monoisotopic (exact) mass is 416 g/mol. The predicted molar refractivity (Wildman–Crippen MR) is 97.6 cm³/mol. The van der Waals surface area contributed by atoms with Crippen molar-refractivity contribution in [2.24, 2.45) is 0 Å². The van der Waals surface area contributed by atoms with Gasteiger partial charge in [0, 0.05) is 0 Å². The molecule has 2 radical (unpaired) electrons. The van der Waals surface area contributed by atoms with Crippen LogP contribution in [0.3, 0.4) is 0 Å². The Kier molecular flexibility index (Phi) is 13.5. The topological polar surface area (TPSA) is 37.3 Å². The first-order valence-corrected chi connectivity index (χ1v) is 12.0. The summed E-state index contributed by atoms with van der Waals surface area (Å²) < 4.78 is 2.10. The number of carbonyl (C=O) groups is 1. The zero-order chi connectivity index (χ0) is 16.8. The van der Waals surface area contributed by atoms with Gasteiger partial charge in [0.1, 0.15) is 0 Å². The van der Waals surface area contributed by atoms with Gasteiger partial charge in [-0.1, -0.05) is 0 Å². The average Bonchev–Trinajstić information content (AvgIpc) is 2.52. The number of allylic oxidation sites excluding steroid dienone is 2. The van der Waals surface area contributed by atoms with Crippen molar-refractivity contribution < 1.29 is 9.90 Å². The van der Waals surface area contributed by atoms with Gasteiger partial charge in [-0.2, -0.15) is 0 Å². The number of carboxylic acid groups (broad SMARTS) is 1. The fourth-order valence-corrected chi connectivity index (χ4v) is 8.62. The molecule has 0 aliphatic heterocycles. The summed E-state index contributed by atoms with van der Waals surface area (Å²) >= 11 is -0.706. The molecular formula is C19H36O2Sn. The first-order chi connectivity index (χ1) is 10.5. The molecule has 2 nitrogen and oxygen atoms in total. The van der Waals surface area contributed by atoms with Crippen molar-refractivity contribution in [3.63, 3.8) is 0 Å². The second-order valence-electron chi connectivity index (χ2n) is 6.42. The Morgan fingerprint density at radius 3 is 1.73 bits per heavy atom.